The van der Waals surface area contributed by atoms with Gasteiger partial charge in [0, 0.05) is 18.4 Å². The van der Waals surface area contributed by atoms with Crippen LogP contribution in [0.4, 0.5) is 11.6 Å². The number of hydrogen-bond acceptors (Lipinski definition) is 6. The van der Waals surface area contributed by atoms with E-state index < -0.39 is 5.97 Å². The van der Waals surface area contributed by atoms with Crippen molar-refractivity contribution in [3.63, 3.8) is 0 Å². The molecule has 1 aromatic heterocycles. The molecule has 2 N–H and O–H groups in total. The summed E-state index contributed by atoms with van der Waals surface area (Å²) in [7, 11) is 0. The van der Waals surface area contributed by atoms with E-state index in [0.29, 0.717) is 29.4 Å². The molecule has 7 heteroatoms. The molecule has 1 heterocycles. The molecule has 1 amide bonds. The van der Waals surface area contributed by atoms with Crippen LogP contribution in [0.15, 0.2) is 36.7 Å². The number of rotatable bonds is 6. The fourth-order valence-corrected chi connectivity index (χ4v) is 2.11. The van der Waals surface area contributed by atoms with E-state index in [1.165, 1.54) is 12.4 Å². The Morgan fingerprint density at radius 3 is 2.58 bits per heavy atom. The summed E-state index contributed by atoms with van der Waals surface area (Å²) in [5.74, 6) is -0.285. The Kier molecular flexibility index (Phi) is 4.69. The number of aromatic nitrogens is 2. The summed E-state index contributed by atoms with van der Waals surface area (Å²) in [5, 5.41) is 5.85. The number of esters is 1. The van der Waals surface area contributed by atoms with Gasteiger partial charge in [-0.1, -0.05) is 12.1 Å². The van der Waals surface area contributed by atoms with Crippen LogP contribution in [0.5, 0.6) is 0 Å². The zero-order chi connectivity index (χ0) is 16.9. The van der Waals surface area contributed by atoms with Crippen molar-refractivity contribution in [1.29, 1.82) is 0 Å². The molecule has 0 spiro atoms. The van der Waals surface area contributed by atoms with Crippen LogP contribution in [0.25, 0.3) is 0 Å². The van der Waals surface area contributed by atoms with Gasteiger partial charge in [-0.25, -0.2) is 14.8 Å². The number of ether oxygens (including phenoxy) is 1. The maximum absolute atomic E-state index is 12.0. The number of nitrogens with one attached hydrogen (secondary N) is 2. The number of carbonyl (C=O) groups excluding carboxylic acids is 2. The molecule has 1 fully saturated rings. The summed E-state index contributed by atoms with van der Waals surface area (Å²) in [4.78, 5) is 32.1. The molecule has 1 aromatic carbocycles. The van der Waals surface area contributed by atoms with Crippen LogP contribution >= 0.6 is 0 Å². The van der Waals surface area contributed by atoms with Crippen LogP contribution in [0, 0.1) is 0 Å². The summed E-state index contributed by atoms with van der Waals surface area (Å²) in [5.41, 5.74) is 1.36. The number of nitrogens with zero attached hydrogens (tertiary/aromatic N) is 2. The van der Waals surface area contributed by atoms with Gasteiger partial charge in [0.25, 0.3) is 5.91 Å². The predicted molar refractivity (Wildman–Crippen MR) is 88.2 cm³/mol. The number of anilines is 2. The molecule has 0 aliphatic heterocycles. The van der Waals surface area contributed by atoms with Crippen molar-refractivity contribution in [2.24, 2.45) is 0 Å². The van der Waals surface area contributed by atoms with Crippen molar-refractivity contribution in [2.45, 2.75) is 25.8 Å². The molecule has 0 atom stereocenters. The van der Waals surface area contributed by atoms with Crippen LogP contribution in [0.3, 0.4) is 0 Å². The molecule has 124 valence electrons. The van der Waals surface area contributed by atoms with E-state index in [4.69, 9.17) is 4.74 Å². The molecule has 0 radical (unpaired) electrons. The summed E-state index contributed by atoms with van der Waals surface area (Å²) in [6, 6.07) is 7.24. The number of benzene rings is 1. The third-order valence-electron chi connectivity index (χ3n) is 3.50. The molecule has 1 saturated carbocycles. The summed E-state index contributed by atoms with van der Waals surface area (Å²) in [6.07, 6.45) is 4.97. The van der Waals surface area contributed by atoms with Crippen molar-refractivity contribution in [3.05, 3.63) is 47.8 Å². The first-order valence-electron chi connectivity index (χ1n) is 7.83. The van der Waals surface area contributed by atoms with Gasteiger partial charge in [0.1, 0.15) is 0 Å². The highest BCUT2D eigenvalue weighted by atomic mass is 16.5. The smallest absolute Gasteiger partial charge is 0.340 e. The number of amides is 1. The van der Waals surface area contributed by atoms with Gasteiger partial charge in [-0.2, -0.15) is 0 Å². The molecule has 24 heavy (non-hydrogen) atoms. The summed E-state index contributed by atoms with van der Waals surface area (Å²) < 4.78 is 5.03. The lowest BCUT2D eigenvalue weighted by Crippen LogP contribution is -2.25. The SMILES string of the molecule is CCOC(=O)c1ccccc1Nc1ncc(C(=O)NC2CC2)cn1. The minimum atomic E-state index is -0.416. The first kappa shape index (κ1) is 15.9. The maximum atomic E-state index is 12.0. The average molecular weight is 326 g/mol. The van der Waals surface area contributed by atoms with E-state index in [1.54, 1.807) is 31.2 Å². The van der Waals surface area contributed by atoms with Crippen molar-refractivity contribution in [2.75, 3.05) is 11.9 Å². The van der Waals surface area contributed by atoms with E-state index in [9.17, 15) is 9.59 Å². The highest BCUT2D eigenvalue weighted by Gasteiger charge is 2.24. The van der Waals surface area contributed by atoms with Crippen LogP contribution < -0.4 is 10.6 Å². The van der Waals surface area contributed by atoms with Crippen LogP contribution in [-0.2, 0) is 4.74 Å². The molecule has 0 unspecified atom stereocenters. The van der Waals surface area contributed by atoms with Crippen molar-refractivity contribution < 1.29 is 14.3 Å². The van der Waals surface area contributed by atoms with E-state index in [2.05, 4.69) is 20.6 Å². The van der Waals surface area contributed by atoms with Crippen LogP contribution in [0.2, 0.25) is 0 Å². The molecular formula is C17H18N4O3. The topological polar surface area (TPSA) is 93.2 Å². The molecule has 7 nitrogen and oxygen atoms in total. The van der Waals surface area contributed by atoms with Gasteiger partial charge in [-0.3, -0.25) is 4.79 Å². The van der Waals surface area contributed by atoms with Crippen molar-refractivity contribution in [3.8, 4) is 0 Å². The van der Waals surface area contributed by atoms with Gasteiger partial charge in [0.2, 0.25) is 5.95 Å². The second-order valence-corrected chi connectivity index (χ2v) is 5.43. The van der Waals surface area contributed by atoms with Crippen LogP contribution in [0.1, 0.15) is 40.5 Å². The lowest BCUT2D eigenvalue weighted by molar-refractivity contribution is 0.0527. The Morgan fingerprint density at radius 2 is 1.92 bits per heavy atom. The molecule has 2 aromatic rings. The fourth-order valence-electron chi connectivity index (χ4n) is 2.11. The van der Waals surface area contributed by atoms with Gasteiger partial charge in [0.15, 0.2) is 0 Å². The molecule has 1 aliphatic rings. The van der Waals surface area contributed by atoms with Gasteiger partial charge in [-0.05, 0) is 31.9 Å². The maximum Gasteiger partial charge on any atom is 0.340 e. The monoisotopic (exact) mass is 326 g/mol. The third-order valence-corrected chi connectivity index (χ3v) is 3.50. The number of hydrogen-bond donors (Lipinski definition) is 2. The van der Waals surface area contributed by atoms with Crippen molar-refractivity contribution in [1.82, 2.24) is 15.3 Å². The second-order valence-electron chi connectivity index (χ2n) is 5.43. The Morgan fingerprint density at radius 1 is 1.21 bits per heavy atom. The van der Waals surface area contributed by atoms with Gasteiger partial charge < -0.3 is 15.4 Å². The molecule has 0 saturated heterocycles. The predicted octanol–water partition coefficient (Wildman–Crippen LogP) is 2.29. The standard InChI is InChI=1S/C17H18N4O3/c1-2-24-16(23)13-5-3-4-6-14(13)21-17-18-9-11(10-19-17)15(22)20-12-7-8-12/h3-6,9-10,12H,2,7-8H2,1H3,(H,20,22)(H,18,19,21). The Labute approximate surface area is 139 Å². The lowest BCUT2D eigenvalue weighted by atomic mass is 10.2. The zero-order valence-electron chi connectivity index (χ0n) is 13.3. The highest BCUT2D eigenvalue weighted by Crippen LogP contribution is 2.20. The number of para-hydroxylation sites is 1. The number of carbonyl (C=O) groups is 2. The Balaban J connectivity index is 1.72. The summed E-state index contributed by atoms with van der Waals surface area (Å²) >= 11 is 0. The highest BCUT2D eigenvalue weighted by molar-refractivity contribution is 5.96. The van der Waals surface area contributed by atoms with E-state index in [0.717, 1.165) is 12.8 Å². The molecule has 0 bridgehead atoms. The third kappa shape index (κ3) is 3.87. The first-order valence-corrected chi connectivity index (χ1v) is 7.83. The van der Waals surface area contributed by atoms with E-state index >= 15 is 0 Å². The fraction of sp³-hybridized carbons (Fsp3) is 0.294. The molecule has 3 rings (SSSR count). The van der Waals surface area contributed by atoms with E-state index in [1.807, 2.05) is 0 Å². The van der Waals surface area contributed by atoms with Crippen LogP contribution in [-0.4, -0.2) is 34.5 Å². The normalized spacial score (nSPS) is 13.2. The molecule has 1 aliphatic carbocycles. The first-order chi connectivity index (χ1) is 11.7. The minimum Gasteiger partial charge on any atom is -0.462 e. The largest absolute Gasteiger partial charge is 0.462 e. The zero-order valence-corrected chi connectivity index (χ0v) is 13.3. The minimum absolute atomic E-state index is 0.170. The Bertz CT molecular complexity index is 742. The molecular weight excluding hydrogens is 308 g/mol. The lowest BCUT2D eigenvalue weighted by Gasteiger charge is -2.10. The van der Waals surface area contributed by atoms with Gasteiger partial charge >= 0.3 is 5.97 Å². The van der Waals surface area contributed by atoms with Crippen molar-refractivity contribution >= 4 is 23.5 Å². The van der Waals surface area contributed by atoms with E-state index in [-0.39, 0.29) is 11.9 Å². The van der Waals surface area contributed by atoms with Gasteiger partial charge in [0.05, 0.1) is 23.4 Å². The second kappa shape index (κ2) is 7.08. The summed E-state index contributed by atoms with van der Waals surface area (Å²) in [6.45, 7) is 2.05. The average Bonchev–Trinajstić information content (AvgIpc) is 3.40. The quantitative estimate of drug-likeness (QED) is 0.791. The Hall–Kier alpha value is -2.96. The van der Waals surface area contributed by atoms with Gasteiger partial charge in [-0.15, -0.1) is 0 Å².